The van der Waals surface area contributed by atoms with Gasteiger partial charge < -0.3 is 57.2 Å². The third kappa shape index (κ3) is 42.2. The molecule has 0 aromatic carbocycles. The summed E-state index contributed by atoms with van der Waals surface area (Å²) in [6, 6.07) is 2.02. The number of unbranched alkanes of at least 4 members (excludes halogenated alkanes) is 3. The summed E-state index contributed by atoms with van der Waals surface area (Å²) in [5.41, 5.74) is -0.522. The monoisotopic (exact) mass is 661 g/mol. The standard InChI is InChI=1S/C23H46NO9P.2C3H7.Ni/c24-9-5-18-33-34-32-17-4-2-1-3-13-28-19-23(20-29-14-6-10-25,21-30-15-7-11-26)22-31-16-8-12-27;2*1-3-2;/h25-27,34H,1-8,10-22H2;2*1,3H2,2H3;/q;2*-1;+2/i25T,26T,27T;;;. The van der Waals surface area contributed by atoms with Gasteiger partial charge in [-0.05, 0) is 32.1 Å². The van der Waals surface area contributed by atoms with Crippen LogP contribution < -0.4 is 0 Å². The number of nitriles is 1. The zero-order chi connectivity index (χ0) is 32.5. The van der Waals surface area contributed by atoms with E-state index in [1.54, 1.807) is 0 Å². The Balaban J connectivity index is -0.00000105. The average Bonchev–Trinajstić information content (AvgIpc) is 3.00. The average molecular weight is 662 g/mol. The number of aliphatic hydroxyl groups is 3. The number of rotatable bonds is 31. The Hall–Kier alpha value is 0.0535. The van der Waals surface area contributed by atoms with Crippen LogP contribution in [0.25, 0.3) is 0 Å². The van der Waals surface area contributed by atoms with Crippen LogP contribution in [0.5, 0.6) is 0 Å². The van der Waals surface area contributed by atoms with Gasteiger partial charge in [0.15, 0.2) is 9.03 Å². The van der Waals surface area contributed by atoms with Gasteiger partial charge in [-0.3, -0.25) is 0 Å². The third-order valence-electron chi connectivity index (χ3n) is 4.65. The molecule has 0 saturated carbocycles. The maximum absolute atomic E-state index is 8.45. The first-order valence-electron chi connectivity index (χ1n) is 15.8. The van der Waals surface area contributed by atoms with Gasteiger partial charge in [0.2, 0.25) is 4.29 Å². The van der Waals surface area contributed by atoms with E-state index in [4.69, 9.17) is 37.6 Å². The molecule has 1 unspecified atom stereocenters. The summed E-state index contributed by atoms with van der Waals surface area (Å²) in [6.07, 6.45) is 8.12. The summed E-state index contributed by atoms with van der Waals surface area (Å²) in [5.74, 6) is 0. The van der Waals surface area contributed by atoms with Crippen LogP contribution in [0, 0.1) is 30.6 Å². The molecular weight excluding hydrogens is 596 g/mol. The molecule has 0 aromatic heterocycles. The fraction of sp³-hybridized carbons (Fsp3) is 0.897. The Kier molecular flexibility index (Phi) is 44.6. The van der Waals surface area contributed by atoms with Crippen molar-refractivity contribution in [2.24, 2.45) is 5.41 Å². The zero-order valence-corrected chi connectivity index (χ0v) is 27.6. The van der Waals surface area contributed by atoms with Crippen LogP contribution in [-0.2, 0) is 44.5 Å². The molecule has 12 heteroatoms. The molecule has 0 fully saturated rings. The van der Waals surface area contributed by atoms with Crippen molar-refractivity contribution in [3.05, 3.63) is 13.8 Å². The molecule has 41 heavy (non-hydrogen) atoms. The Morgan fingerprint density at radius 1 is 0.659 bits per heavy atom. The first kappa shape index (κ1) is 41.1. The van der Waals surface area contributed by atoms with Gasteiger partial charge in [0.25, 0.3) is 0 Å². The minimum absolute atomic E-state index is 0. The third-order valence-corrected chi connectivity index (χ3v) is 5.29. The zero-order valence-electron chi connectivity index (χ0n) is 28.6. The molecule has 250 valence electrons. The molecule has 0 aliphatic heterocycles. The van der Waals surface area contributed by atoms with Gasteiger partial charge >= 0.3 is 16.5 Å². The summed E-state index contributed by atoms with van der Waals surface area (Å²) in [4.78, 5) is 0. The van der Waals surface area contributed by atoms with Crippen LogP contribution >= 0.6 is 9.03 Å². The minimum atomic E-state index is -0.522. The largest absolute Gasteiger partial charge is 2.00 e. The SMILES string of the molecule is [3H]OCCCOCC(COCCCCCCOPOCCC#N)(COCCCO[3H])COCCCO[3H].[CH2-]CC.[CH2-]CC.[Ni+2]. The summed E-state index contributed by atoms with van der Waals surface area (Å²) in [6.45, 7) is 16.4. The van der Waals surface area contributed by atoms with E-state index >= 15 is 0 Å². The van der Waals surface area contributed by atoms with Crippen molar-refractivity contribution in [2.75, 3.05) is 85.9 Å². The van der Waals surface area contributed by atoms with Crippen LogP contribution in [-0.4, -0.2) is 106 Å². The number of hydrogen-bond donors (Lipinski definition) is 3. The van der Waals surface area contributed by atoms with Gasteiger partial charge in [-0.25, -0.2) is 0 Å². The molecule has 1 atom stereocenters. The predicted octanol–water partition coefficient (Wildman–Crippen LogP) is 4.66. The number of nitrogens with zero attached hydrogens (tertiary/aromatic N) is 1. The number of aliphatic hydroxyl groups excluding tert-OH is 3. The molecule has 0 aliphatic rings. The molecule has 0 heterocycles. The molecule has 0 amide bonds. The molecule has 0 radical (unpaired) electrons. The fourth-order valence-corrected chi connectivity index (χ4v) is 3.34. The van der Waals surface area contributed by atoms with E-state index in [-0.39, 0.29) is 25.5 Å². The van der Waals surface area contributed by atoms with Crippen molar-refractivity contribution in [1.82, 2.24) is 0 Å². The molecule has 0 rings (SSSR count). The van der Waals surface area contributed by atoms with E-state index < -0.39 is 5.41 Å². The van der Waals surface area contributed by atoms with Gasteiger partial charge in [-0.1, -0.05) is 26.7 Å². The van der Waals surface area contributed by atoms with Crippen molar-refractivity contribution in [3.63, 3.8) is 0 Å². The Labute approximate surface area is 267 Å². The molecule has 10 nitrogen and oxygen atoms in total. The summed E-state index contributed by atoms with van der Waals surface area (Å²) in [7, 11) is -0.0150. The number of ether oxygens (including phenoxy) is 4. The molecule has 0 bridgehead atoms. The maximum Gasteiger partial charge on any atom is 2.00 e. The molecule has 0 aliphatic carbocycles. The second kappa shape index (κ2) is 44.5. The smallest absolute Gasteiger partial charge is 0.396 e. The first-order chi connectivity index (χ1) is 21.1. The van der Waals surface area contributed by atoms with Gasteiger partial charge in [0, 0.05) is 46.2 Å². The predicted molar refractivity (Wildman–Crippen MR) is 161 cm³/mol. The second-order valence-electron chi connectivity index (χ2n) is 8.99. The van der Waals surface area contributed by atoms with E-state index in [1.807, 2.05) is 19.9 Å². The molecule has 0 spiro atoms. The van der Waals surface area contributed by atoms with E-state index in [1.165, 1.54) is 0 Å². The van der Waals surface area contributed by atoms with Crippen molar-refractivity contribution < 1.29 is 59.8 Å². The van der Waals surface area contributed by atoms with Crippen LogP contribution in [0.4, 0.5) is 0 Å². The molecule has 0 saturated heterocycles. The Bertz CT molecular complexity index is 511. The van der Waals surface area contributed by atoms with Crippen molar-refractivity contribution in [2.45, 2.75) is 78.1 Å². The molecule has 3 N–H and O–H groups in total. The van der Waals surface area contributed by atoms with E-state index in [0.29, 0.717) is 112 Å². The van der Waals surface area contributed by atoms with E-state index in [0.717, 1.165) is 38.5 Å². The van der Waals surface area contributed by atoms with E-state index in [9.17, 15) is 0 Å². The second-order valence-corrected chi connectivity index (χ2v) is 9.73. The first-order valence-corrected chi connectivity index (χ1v) is 15.4. The van der Waals surface area contributed by atoms with Crippen LogP contribution in [0.1, 0.15) is 78.1 Å². The van der Waals surface area contributed by atoms with Crippen LogP contribution in [0.3, 0.4) is 0 Å². The van der Waals surface area contributed by atoms with Crippen LogP contribution in [0.2, 0.25) is 0 Å². The maximum atomic E-state index is 8.45. The summed E-state index contributed by atoms with van der Waals surface area (Å²) >= 11 is 0. The quantitative estimate of drug-likeness (QED) is 0.0416. The summed E-state index contributed by atoms with van der Waals surface area (Å²) < 4.78 is 54.6. The fourth-order valence-electron chi connectivity index (χ4n) is 2.84. The van der Waals surface area contributed by atoms with Crippen LogP contribution in [0.15, 0.2) is 0 Å². The number of hydrogen-bond acceptors (Lipinski definition) is 10. The van der Waals surface area contributed by atoms with Crippen molar-refractivity contribution >= 4 is 9.03 Å². The Morgan fingerprint density at radius 2 is 1.02 bits per heavy atom. The summed E-state index contributed by atoms with van der Waals surface area (Å²) in [5, 5.41) is 21.5. The van der Waals surface area contributed by atoms with E-state index in [2.05, 4.69) is 29.2 Å². The normalized spacial score (nSPS) is 11.8. The topological polar surface area (TPSA) is 140 Å². The molecule has 0 aromatic rings. The van der Waals surface area contributed by atoms with Gasteiger partial charge in [-0.2, -0.15) is 18.1 Å². The Morgan fingerprint density at radius 3 is 1.41 bits per heavy atom. The van der Waals surface area contributed by atoms with Gasteiger partial charge in [0.05, 0.1) is 57.5 Å². The van der Waals surface area contributed by atoms with Crippen molar-refractivity contribution in [3.8, 4) is 6.07 Å². The van der Waals surface area contributed by atoms with Crippen molar-refractivity contribution in [1.29, 1.82) is 9.56 Å². The van der Waals surface area contributed by atoms with Gasteiger partial charge in [-0.15, -0.1) is 0 Å². The minimum Gasteiger partial charge on any atom is -0.396 e. The molecular formula is C29H60NNiO9P. The van der Waals surface area contributed by atoms with Gasteiger partial charge in [0.1, 0.15) is 0 Å².